The zero-order valence-electron chi connectivity index (χ0n) is 12.1. The van der Waals surface area contributed by atoms with E-state index in [9.17, 15) is 22.8 Å². The SMILES string of the molecule is O=C(O)C(C(=O)O)c1ccc(Oc2ccc(Cl)c(C(F)(F)F)c2)cn1. The number of carboxylic acid groups (broad SMARTS) is 2. The standard InChI is InChI=1S/C15H9ClF3NO5/c16-10-3-1-7(5-9(10)15(17,18)19)25-8-2-4-11(20-6-8)12(13(21)22)14(23)24/h1-6,12H,(H,21,22)(H,23,24). The van der Waals surface area contributed by atoms with E-state index < -0.39 is 34.6 Å². The zero-order chi connectivity index (χ0) is 18.8. The molecule has 2 N–H and O–H groups in total. The van der Waals surface area contributed by atoms with Crippen molar-refractivity contribution < 1.29 is 37.7 Å². The minimum Gasteiger partial charge on any atom is -0.480 e. The molecular formula is C15H9ClF3NO5. The van der Waals surface area contributed by atoms with E-state index in [0.29, 0.717) is 6.07 Å². The lowest BCUT2D eigenvalue weighted by Crippen LogP contribution is -2.21. The lowest BCUT2D eigenvalue weighted by molar-refractivity contribution is -0.150. The Labute approximate surface area is 143 Å². The monoisotopic (exact) mass is 375 g/mol. The molecule has 6 nitrogen and oxygen atoms in total. The number of halogens is 4. The summed E-state index contributed by atoms with van der Waals surface area (Å²) in [5.41, 5.74) is -1.33. The van der Waals surface area contributed by atoms with Crippen LogP contribution < -0.4 is 4.74 Å². The minimum absolute atomic E-state index is 0.00581. The van der Waals surface area contributed by atoms with Crippen LogP contribution in [0.2, 0.25) is 5.02 Å². The lowest BCUT2D eigenvalue weighted by atomic mass is 10.1. The Morgan fingerprint density at radius 1 is 1.08 bits per heavy atom. The molecule has 1 aromatic heterocycles. The van der Waals surface area contributed by atoms with Crippen molar-refractivity contribution in [3.05, 3.63) is 52.8 Å². The fraction of sp³-hybridized carbons (Fsp3) is 0.133. The summed E-state index contributed by atoms with van der Waals surface area (Å²) in [6.45, 7) is 0. The molecule has 0 unspecified atom stereocenters. The molecule has 0 fully saturated rings. The number of aromatic nitrogens is 1. The number of nitrogens with zero attached hydrogens (tertiary/aromatic N) is 1. The molecule has 0 atom stereocenters. The number of benzene rings is 1. The van der Waals surface area contributed by atoms with Crippen LogP contribution in [0.15, 0.2) is 36.5 Å². The lowest BCUT2D eigenvalue weighted by Gasteiger charge is -2.12. The maximum atomic E-state index is 12.8. The second kappa shape index (κ2) is 6.98. The number of alkyl halides is 3. The van der Waals surface area contributed by atoms with Gasteiger partial charge in [-0.2, -0.15) is 13.2 Å². The normalized spacial score (nSPS) is 11.4. The molecule has 2 rings (SSSR count). The molecule has 10 heteroatoms. The first-order valence-corrected chi connectivity index (χ1v) is 6.93. The Bertz CT molecular complexity index is 794. The van der Waals surface area contributed by atoms with Gasteiger partial charge in [-0.3, -0.25) is 14.6 Å². The highest BCUT2D eigenvalue weighted by Gasteiger charge is 2.33. The molecule has 0 saturated heterocycles. The van der Waals surface area contributed by atoms with Crippen LogP contribution in [-0.2, 0) is 15.8 Å². The van der Waals surface area contributed by atoms with Crippen molar-refractivity contribution in [3.63, 3.8) is 0 Å². The summed E-state index contributed by atoms with van der Waals surface area (Å²) >= 11 is 5.50. The Morgan fingerprint density at radius 2 is 1.68 bits per heavy atom. The molecule has 0 spiro atoms. The molecule has 1 heterocycles. The van der Waals surface area contributed by atoms with Gasteiger partial charge in [0, 0.05) is 0 Å². The number of rotatable bonds is 5. The minimum atomic E-state index is -4.66. The van der Waals surface area contributed by atoms with Crippen molar-refractivity contribution in [1.29, 1.82) is 0 Å². The van der Waals surface area contributed by atoms with E-state index in [1.165, 1.54) is 12.1 Å². The quantitative estimate of drug-likeness (QED) is 0.772. The van der Waals surface area contributed by atoms with Crippen molar-refractivity contribution in [1.82, 2.24) is 4.98 Å². The predicted octanol–water partition coefficient (Wildman–Crippen LogP) is 3.80. The number of ether oxygens (including phenoxy) is 1. The molecule has 0 amide bonds. The van der Waals surface area contributed by atoms with E-state index in [1.54, 1.807) is 0 Å². The van der Waals surface area contributed by atoms with E-state index in [1.807, 2.05) is 0 Å². The molecule has 0 radical (unpaired) electrons. The van der Waals surface area contributed by atoms with Gasteiger partial charge < -0.3 is 14.9 Å². The van der Waals surface area contributed by atoms with E-state index >= 15 is 0 Å². The number of aliphatic carboxylic acids is 2. The van der Waals surface area contributed by atoms with Gasteiger partial charge in [-0.05, 0) is 30.3 Å². The highest BCUT2D eigenvalue weighted by Crippen LogP contribution is 2.37. The second-order valence-electron chi connectivity index (χ2n) is 4.77. The smallest absolute Gasteiger partial charge is 0.417 e. The van der Waals surface area contributed by atoms with Crippen LogP contribution in [-0.4, -0.2) is 27.1 Å². The summed E-state index contributed by atoms with van der Waals surface area (Å²) in [7, 11) is 0. The zero-order valence-corrected chi connectivity index (χ0v) is 12.9. The number of carboxylic acids is 2. The van der Waals surface area contributed by atoms with Gasteiger partial charge in [-0.15, -0.1) is 0 Å². The average molecular weight is 376 g/mol. The molecule has 0 aliphatic rings. The molecule has 2 aromatic rings. The van der Waals surface area contributed by atoms with E-state index in [-0.39, 0.29) is 17.2 Å². The van der Waals surface area contributed by atoms with Crippen LogP contribution in [0, 0.1) is 0 Å². The Hall–Kier alpha value is -2.81. The fourth-order valence-electron chi connectivity index (χ4n) is 1.90. The van der Waals surface area contributed by atoms with Crippen LogP contribution in [0.4, 0.5) is 13.2 Å². The first kappa shape index (κ1) is 18.5. The fourth-order valence-corrected chi connectivity index (χ4v) is 2.13. The molecule has 0 aliphatic heterocycles. The Balaban J connectivity index is 2.25. The highest BCUT2D eigenvalue weighted by atomic mass is 35.5. The van der Waals surface area contributed by atoms with Gasteiger partial charge in [0.05, 0.1) is 22.5 Å². The Kier molecular flexibility index (Phi) is 5.17. The van der Waals surface area contributed by atoms with Crippen LogP contribution in [0.5, 0.6) is 11.5 Å². The molecule has 0 aliphatic carbocycles. The molecule has 132 valence electrons. The second-order valence-corrected chi connectivity index (χ2v) is 5.18. The van der Waals surface area contributed by atoms with Gasteiger partial charge in [0.1, 0.15) is 11.5 Å². The third kappa shape index (κ3) is 4.38. The topological polar surface area (TPSA) is 96.7 Å². The summed E-state index contributed by atoms with van der Waals surface area (Å²) in [5.74, 6) is -5.23. The predicted molar refractivity (Wildman–Crippen MR) is 78.8 cm³/mol. The molecular weight excluding hydrogens is 367 g/mol. The van der Waals surface area contributed by atoms with Crippen molar-refractivity contribution >= 4 is 23.5 Å². The summed E-state index contributed by atoms with van der Waals surface area (Å²) in [5, 5.41) is 17.2. The maximum absolute atomic E-state index is 12.8. The third-order valence-corrected chi connectivity index (χ3v) is 3.36. The van der Waals surface area contributed by atoms with Gasteiger partial charge in [-0.1, -0.05) is 11.6 Å². The van der Waals surface area contributed by atoms with Gasteiger partial charge in [0.2, 0.25) is 0 Å². The van der Waals surface area contributed by atoms with E-state index in [4.69, 9.17) is 26.6 Å². The summed E-state index contributed by atoms with van der Waals surface area (Å²) in [6, 6.07) is 5.23. The van der Waals surface area contributed by atoms with Crippen LogP contribution in [0.1, 0.15) is 17.2 Å². The van der Waals surface area contributed by atoms with Crippen LogP contribution in [0.3, 0.4) is 0 Å². The summed E-state index contributed by atoms with van der Waals surface area (Å²) < 4.78 is 43.6. The van der Waals surface area contributed by atoms with Crippen molar-refractivity contribution in [2.45, 2.75) is 12.1 Å². The van der Waals surface area contributed by atoms with Crippen molar-refractivity contribution in [2.75, 3.05) is 0 Å². The number of hydrogen-bond donors (Lipinski definition) is 2. The molecule has 25 heavy (non-hydrogen) atoms. The summed E-state index contributed by atoms with van der Waals surface area (Å²) in [4.78, 5) is 25.5. The van der Waals surface area contributed by atoms with Crippen LogP contribution >= 0.6 is 11.6 Å². The first-order valence-electron chi connectivity index (χ1n) is 6.55. The number of hydrogen-bond acceptors (Lipinski definition) is 4. The van der Waals surface area contributed by atoms with Crippen molar-refractivity contribution in [2.24, 2.45) is 0 Å². The first-order chi connectivity index (χ1) is 11.6. The average Bonchev–Trinajstić information content (AvgIpc) is 2.49. The maximum Gasteiger partial charge on any atom is 0.417 e. The van der Waals surface area contributed by atoms with Gasteiger partial charge in [0.15, 0.2) is 5.92 Å². The van der Waals surface area contributed by atoms with Crippen molar-refractivity contribution in [3.8, 4) is 11.5 Å². The van der Waals surface area contributed by atoms with E-state index in [2.05, 4.69) is 4.98 Å². The van der Waals surface area contributed by atoms with Crippen LogP contribution in [0.25, 0.3) is 0 Å². The van der Waals surface area contributed by atoms with Gasteiger partial charge in [0.25, 0.3) is 0 Å². The third-order valence-electron chi connectivity index (χ3n) is 3.03. The van der Waals surface area contributed by atoms with Gasteiger partial charge in [-0.25, -0.2) is 0 Å². The highest BCUT2D eigenvalue weighted by molar-refractivity contribution is 6.31. The molecule has 1 aromatic carbocycles. The molecule has 0 saturated carbocycles. The summed E-state index contributed by atoms with van der Waals surface area (Å²) in [6.07, 6.45) is -3.65. The molecule has 0 bridgehead atoms. The number of carbonyl (C=O) groups is 2. The van der Waals surface area contributed by atoms with Gasteiger partial charge >= 0.3 is 18.1 Å². The van der Waals surface area contributed by atoms with E-state index in [0.717, 1.165) is 18.3 Å². The largest absolute Gasteiger partial charge is 0.480 e. The Morgan fingerprint density at radius 3 is 2.16 bits per heavy atom. The number of pyridine rings is 1.